The summed E-state index contributed by atoms with van der Waals surface area (Å²) in [6.45, 7) is 1.92. The molecule has 1 aliphatic carbocycles. The zero-order chi connectivity index (χ0) is 32.8. The van der Waals surface area contributed by atoms with E-state index >= 15 is 0 Å². The van der Waals surface area contributed by atoms with Crippen molar-refractivity contribution in [3.8, 4) is 17.6 Å². The van der Waals surface area contributed by atoms with E-state index in [9.17, 15) is 20.0 Å². The molecule has 244 valence electrons. The van der Waals surface area contributed by atoms with Crippen LogP contribution < -0.4 is 20.5 Å². The number of amides is 2. The summed E-state index contributed by atoms with van der Waals surface area (Å²) >= 11 is 6.09. The van der Waals surface area contributed by atoms with Crippen LogP contribution in [-0.4, -0.2) is 79.0 Å². The standard InChI is InChI=1S/C34H41ClN6O5/c1-45-29-10-9-21(18-30(29)46-2)33-25-6-3-4-7-26(25)34(44)41(39-33)24-11-14-40(15-12-24)31(43)8-5-13-38-20-28(42)22-16-23(19-36)32(37)27(35)17-22/h3-4,9-10,16-18,24-26,28,38,42H,5-8,11-15,20,37H2,1-2H3/t25-,26+,28?/m0/s1. The minimum absolute atomic E-state index is 0.00236. The second kappa shape index (κ2) is 15.0. The number of allylic oxidation sites excluding steroid dienone is 2. The number of piperidine rings is 1. The molecule has 0 bridgehead atoms. The van der Waals surface area contributed by atoms with Crippen molar-refractivity contribution in [1.29, 1.82) is 5.26 Å². The third-order valence-corrected chi connectivity index (χ3v) is 9.44. The average molecular weight is 649 g/mol. The molecule has 5 rings (SSSR count). The summed E-state index contributed by atoms with van der Waals surface area (Å²) in [5.74, 6) is 1.22. The van der Waals surface area contributed by atoms with Gasteiger partial charge in [-0.3, -0.25) is 9.59 Å². The number of hydrogen-bond donors (Lipinski definition) is 3. The van der Waals surface area contributed by atoms with E-state index in [0.717, 1.165) is 17.7 Å². The van der Waals surface area contributed by atoms with Gasteiger partial charge in [-0.05, 0) is 74.5 Å². The molecule has 0 spiro atoms. The fourth-order valence-electron chi connectivity index (χ4n) is 6.49. The Hall–Kier alpha value is -4.11. The maximum absolute atomic E-state index is 13.7. The molecule has 2 aliphatic heterocycles. The number of halogens is 1. The highest BCUT2D eigenvalue weighted by Crippen LogP contribution is 2.38. The van der Waals surface area contributed by atoms with Gasteiger partial charge in [0.2, 0.25) is 11.8 Å². The number of carbonyl (C=O) groups excluding carboxylic acids is 2. The van der Waals surface area contributed by atoms with Gasteiger partial charge in [0.05, 0.1) is 54.3 Å². The summed E-state index contributed by atoms with van der Waals surface area (Å²) in [6.07, 6.45) is 7.09. The Morgan fingerprint density at radius 2 is 1.87 bits per heavy atom. The number of hydrazone groups is 1. The molecule has 2 heterocycles. The van der Waals surface area contributed by atoms with Crippen molar-refractivity contribution in [3.05, 3.63) is 64.2 Å². The smallest absolute Gasteiger partial charge is 0.247 e. The number of nitriles is 1. The van der Waals surface area contributed by atoms with Crippen LogP contribution in [0.15, 0.2) is 47.6 Å². The topological polar surface area (TPSA) is 154 Å². The first-order chi connectivity index (χ1) is 22.2. The minimum Gasteiger partial charge on any atom is -0.493 e. The van der Waals surface area contributed by atoms with Crippen LogP contribution in [0.1, 0.15) is 61.3 Å². The summed E-state index contributed by atoms with van der Waals surface area (Å²) in [6, 6.07) is 10.8. The van der Waals surface area contributed by atoms with Gasteiger partial charge in [0, 0.05) is 37.5 Å². The lowest BCUT2D eigenvalue weighted by molar-refractivity contribution is -0.142. The molecule has 2 aromatic carbocycles. The van der Waals surface area contributed by atoms with Crippen molar-refractivity contribution in [2.24, 2.45) is 16.9 Å². The van der Waals surface area contributed by atoms with Crippen molar-refractivity contribution in [2.75, 3.05) is 46.1 Å². The first kappa shape index (κ1) is 33.3. The van der Waals surface area contributed by atoms with E-state index < -0.39 is 6.10 Å². The van der Waals surface area contributed by atoms with Gasteiger partial charge in [0.1, 0.15) is 6.07 Å². The number of nitrogens with zero attached hydrogens (tertiary/aromatic N) is 4. The molecule has 46 heavy (non-hydrogen) atoms. The first-order valence-corrected chi connectivity index (χ1v) is 16.1. The number of ether oxygens (including phenoxy) is 2. The van der Waals surface area contributed by atoms with E-state index in [0.29, 0.717) is 68.8 Å². The quantitative estimate of drug-likeness (QED) is 0.188. The van der Waals surface area contributed by atoms with Crippen LogP contribution in [0.25, 0.3) is 0 Å². The van der Waals surface area contributed by atoms with Crippen LogP contribution in [0.5, 0.6) is 11.5 Å². The van der Waals surface area contributed by atoms with Gasteiger partial charge in [-0.15, -0.1) is 0 Å². The maximum atomic E-state index is 13.7. The molecular weight excluding hydrogens is 608 g/mol. The van der Waals surface area contributed by atoms with E-state index in [2.05, 4.69) is 17.5 Å². The number of aliphatic hydroxyl groups is 1. The van der Waals surface area contributed by atoms with E-state index in [-0.39, 0.29) is 52.5 Å². The highest BCUT2D eigenvalue weighted by molar-refractivity contribution is 6.33. The molecule has 4 N–H and O–H groups in total. The second-order valence-electron chi connectivity index (χ2n) is 11.9. The van der Waals surface area contributed by atoms with Crippen molar-refractivity contribution >= 4 is 34.8 Å². The third kappa shape index (κ3) is 7.15. The van der Waals surface area contributed by atoms with E-state index in [1.165, 1.54) is 6.07 Å². The number of nitrogens with one attached hydrogen (secondary N) is 1. The van der Waals surface area contributed by atoms with Crippen LogP contribution in [0, 0.1) is 23.2 Å². The number of hydrogen-bond acceptors (Lipinski definition) is 9. The molecule has 2 amide bonds. The monoisotopic (exact) mass is 648 g/mol. The zero-order valence-electron chi connectivity index (χ0n) is 26.2. The largest absolute Gasteiger partial charge is 0.493 e. The van der Waals surface area contributed by atoms with Gasteiger partial charge in [0.15, 0.2) is 11.5 Å². The number of fused-ring (bicyclic) bond motifs is 1. The molecule has 3 atom stereocenters. The molecule has 1 fully saturated rings. The van der Waals surface area contributed by atoms with E-state index in [1.807, 2.05) is 29.2 Å². The SMILES string of the molecule is COc1ccc(C2=NN(C3CCN(C(=O)CCCNCC(O)c4cc(Cl)c(N)c(C#N)c4)CC3)C(=O)[C@@H]3CC=CC[C@H]23)cc1OC. The lowest BCUT2D eigenvalue weighted by Gasteiger charge is -2.42. The molecular formula is C34H41ClN6O5. The van der Waals surface area contributed by atoms with Crippen LogP contribution in [0.2, 0.25) is 5.02 Å². The minimum atomic E-state index is -0.868. The molecule has 0 saturated carbocycles. The molecule has 12 heteroatoms. The van der Waals surface area contributed by atoms with Crippen molar-refractivity contribution in [1.82, 2.24) is 15.2 Å². The predicted octanol–water partition coefficient (Wildman–Crippen LogP) is 4.03. The molecule has 1 saturated heterocycles. The van der Waals surface area contributed by atoms with E-state index in [1.54, 1.807) is 25.3 Å². The Morgan fingerprint density at radius 1 is 1.15 bits per heavy atom. The van der Waals surface area contributed by atoms with Gasteiger partial charge >= 0.3 is 0 Å². The number of rotatable bonds is 11. The number of nitrogen functional groups attached to an aromatic ring is 1. The van der Waals surface area contributed by atoms with Gasteiger partial charge in [0.25, 0.3) is 0 Å². The lowest BCUT2D eigenvalue weighted by atomic mass is 9.76. The highest BCUT2D eigenvalue weighted by atomic mass is 35.5. The first-order valence-electron chi connectivity index (χ1n) is 15.7. The number of anilines is 1. The number of nitrogens with two attached hydrogens (primary N) is 1. The summed E-state index contributed by atoms with van der Waals surface area (Å²) < 4.78 is 11.0. The second-order valence-corrected chi connectivity index (χ2v) is 12.3. The summed E-state index contributed by atoms with van der Waals surface area (Å²) in [7, 11) is 3.21. The molecule has 1 unspecified atom stereocenters. The van der Waals surface area contributed by atoms with Crippen molar-refractivity contribution < 1.29 is 24.2 Å². The Balaban J connectivity index is 1.14. The molecule has 2 aromatic rings. The third-order valence-electron chi connectivity index (χ3n) is 9.12. The Kier molecular flexibility index (Phi) is 10.8. The van der Waals surface area contributed by atoms with Crippen LogP contribution in [-0.2, 0) is 9.59 Å². The van der Waals surface area contributed by atoms with Gasteiger partial charge in [-0.25, -0.2) is 5.01 Å². The van der Waals surface area contributed by atoms with Crippen molar-refractivity contribution in [3.63, 3.8) is 0 Å². The number of carbonyl (C=O) groups is 2. The Labute approximate surface area is 274 Å². The van der Waals surface area contributed by atoms with Gasteiger partial charge < -0.3 is 30.5 Å². The van der Waals surface area contributed by atoms with Crippen LogP contribution >= 0.6 is 11.6 Å². The van der Waals surface area contributed by atoms with Crippen LogP contribution in [0.3, 0.4) is 0 Å². The average Bonchev–Trinajstić information content (AvgIpc) is 3.09. The zero-order valence-corrected chi connectivity index (χ0v) is 27.0. The van der Waals surface area contributed by atoms with Crippen molar-refractivity contribution in [2.45, 2.75) is 50.7 Å². The number of likely N-dealkylation sites (tertiary alicyclic amines) is 1. The highest BCUT2D eigenvalue weighted by Gasteiger charge is 2.43. The maximum Gasteiger partial charge on any atom is 0.247 e. The summed E-state index contributed by atoms with van der Waals surface area (Å²) in [5.41, 5.74) is 8.51. The predicted molar refractivity (Wildman–Crippen MR) is 176 cm³/mol. The number of benzene rings is 2. The fraction of sp³-hybridized carbons (Fsp3) is 0.471. The van der Waals surface area contributed by atoms with Gasteiger partial charge in [-0.2, -0.15) is 10.4 Å². The summed E-state index contributed by atoms with van der Waals surface area (Å²) in [5, 5.41) is 29.8. The lowest BCUT2D eigenvalue weighted by Crippen LogP contribution is -2.52. The number of aliphatic hydroxyl groups excluding tert-OH is 1. The summed E-state index contributed by atoms with van der Waals surface area (Å²) in [4.78, 5) is 28.5. The molecule has 3 aliphatic rings. The van der Waals surface area contributed by atoms with Gasteiger partial charge in [-0.1, -0.05) is 23.8 Å². The molecule has 11 nitrogen and oxygen atoms in total. The fourth-order valence-corrected chi connectivity index (χ4v) is 6.72. The molecule has 0 aromatic heterocycles. The van der Waals surface area contributed by atoms with Crippen LogP contribution in [0.4, 0.5) is 5.69 Å². The molecule has 0 radical (unpaired) electrons. The number of methoxy groups -OCH3 is 2. The normalized spacial score (nSPS) is 20.5. The Bertz CT molecular complexity index is 1550. The Morgan fingerprint density at radius 3 is 2.57 bits per heavy atom. The van der Waals surface area contributed by atoms with E-state index in [4.69, 9.17) is 31.9 Å².